The summed E-state index contributed by atoms with van der Waals surface area (Å²) in [6.07, 6.45) is 2.59. The van der Waals surface area contributed by atoms with Crippen LogP contribution >= 0.6 is 0 Å². The Morgan fingerprint density at radius 3 is 2.62 bits per heavy atom. The van der Waals surface area contributed by atoms with Gasteiger partial charge in [-0.05, 0) is 68.9 Å². The Morgan fingerprint density at radius 1 is 1.15 bits per heavy atom. The van der Waals surface area contributed by atoms with Crippen molar-refractivity contribution in [1.29, 1.82) is 0 Å². The van der Waals surface area contributed by atoms with Crippen LogP contribution in [0.1, 0.15) is 61.5 Å². The molecule has 1 aromatic carbocycles. The molecule has 3 heterocycles. The Kier molecular flexibility index (Phi) is 6.13. The van der Waals surface area contributed by atoms with Crippen LogP contribution < -0.4 is 5.32 Å². The van der Waals surface area contributed by atoms with Crippen LogP contribution in [0.4, 0.5) is 4.39 Å². The van der Waals surface area contributed by atoms with Gasteiger partial charge in [0.25, 0.3) is 0 Å². The molecule has 3 aliphatic rings. The standard InChI is InChI=1S/C27H28FNO5/c1-15-5-10-23(34-15)26-24(27(31)33-14-20-4-3-11-32-20)16(2)29-21-12-18(13-22(30)25(21)26)17-6-8-19(28)9-7-17/h5-10,18,20,26,29H,3-4,11-14H2,1-2H3/t18-,20+,26+/m0/s1. The molecule has 1 fully saturated rings. The predicted molar refractivity (Wildman–Crippen MR) is 122 cm³/mol. The molecule has 1 aromatic heterocycles. The van der Waals surface area contributed by atoms with Gasteiger partial charge in [-0.25, -0.2) is 9.18 Å². The van der Waals surface area contributed by atoms with Crippen LogP contribution in [-0.2, 0) is 19.1 Å². The molecule has 3 atom stereocenters. The van der Waals surface area contributed by atoms with E-state index >= 15 is 0 Å². The molecule has 6 nitrogen and oxygen atoms in total. The minimum absolute atomic E-state index is 0.0564. The van der Waals surface area contributed by atoms with Crippen molar-refractivity contribution in [2.45, 2.75) is 57.5 Å². The van der Waals surface area contributed by atoms with E-state index < -0.39 is 11.9 Å². The monoisotopic (exact) mass is 465 g/mol. The fraction of sp³-hybridized carbons (Fsp3) is 0.407. The first kappa shape index (κ1) is 22.6. The van der Waals surface area contributed by atoms with E-state index in [9.17, 15) is 14.0 Å². The molecule has 0 amide bonds. The molecule has 0 spiro atoms. The fourth-order valence-electron chi connectivity index (χ4n) is 5.20. The number of carbonyl (C=O) groups excluding carboxylic acids is 2. The molecule has 178 valence electrons. The smallest absolute Gasteiger partial charge is 0.336 e. The molecular formula is C27H28FNO5. The Bertz CT molecular complexity index is 1170. The van der Waals surface area contributed by atoms with Crippen molar-refractivity contribution in [3.05, 3.63) is 81.8 Å². The van der Waals surface area contributed by atoms with Gasteiger partial charge >= 0.3 is 5.97 Å². The van der Waals surface area contributed by atoms with Crippen molar-refractivity contribution < 1.29 is 27.9 Å². The topological polar surface area (TPSA) is 77.8 Å². The highest BCUT2D eigenvalue weighted by molar-refractivity contribution is 6.04. The van der Waals surface area contributed by atoms with Crippen LogP contribution in [-0.4, -0.2) is 31.1 Å². The number of allylic oxidation sites excluding steroid dienone is 3. The number of dihydropyridines is 1. The average molecular weight is 466 g/mol. The van der Waals surface area contributed by atoms with Gasteiger partial charge in [-0.1, -0.05) is 12.1 Å². The lowest BCUT2D eigenvalue weighted by Gasteiger charge is -2.35. The van der Waals surface area contributed by atoms with Crippen molar-refractivity contribution in [2.75, 3.05) is 13.2 Å². The zero-order valence-corrected chi connectivity index (χ0v) is 19.4. The second kappa shape index (κ2) is 9.22. The summed E-state index contributed by atoms with van der Waals surface area (Å²) in [7, 11) is 0. The average Bonchev–Trinajstić information content (AvgIpc) is 3.48. The van der Waals surface area contributed by atoms with E-state index in [4.69, 9.17) is 13.9 Å². The van der Waals surface area contributed by atoms with Gasteiger partial charge in [0.1, 0.15) is 23.9 Å². The molecule has 0 radical (unpaired) electrons. The van der Waals surface area contributed by atoms with Gasteiger partial charge in [-0.3, -0.25) is 4.79 Å². The molecular weight excluding hydrogens is 437 g/mol. The maximum atomic E-state index is 13.5. The number of Topliss-reactive ketones (excluding diaryl/α,β-unsaturated/α-hetero) is 1. The molecule has 7 heteroatoms. The molecule has 1 aliphatic carbocycles. The number of hydrogen-bond donors (Lipinski definition) is 1. The zero-order chi connectivity index (χ0) is 23.8. The number of hydrogen-bond acceptors (Lipinski definition) is 6. The minimum atomic E-state index is -0.636. The Morgan fingerprint density at radius 2 is 1.94 bits per heavy atom. The lowest BCUT2D eigenvalue weighted by Crippen LogP contribution is -2.36. The van der Waals surface area contributed by atoms with Crippen molar-refractivity contribution in [1.82, 2.24) is 5.32 Å². The van der Waals surface area contributed by atoms with Gasteiger partial charge in [0, 0.05) is 30.0 Å². The summed E-state index contributed by atoms with van der Waals surface area (Å²) in [4.78, 5) is 26.8. The van der Waals surface area contributed by atoms with Gasteiger partial charge in [0.15, 0.2) is 5.78 Å². The lowest BCUT2D eigenvalue weighted by atomic mass is 9.73. The third kappa shape index (κ3) is 4.32. The number of halogens is 1. The molecule has 2 aliphatic heterocycles. The highest BCUT2D eigenvalue weighted by atomic mass is 19.1. The Hall–Kier alpha value is -3.19. The minimum Gasteiger partial charge on any atom is -0.465 e. The number of carbonyl (C=O) groups is 2. The van der Waals surface area contributed by atoms with Gasteiger partial charge in [0.05, 0.1) is 17.6 Å². The summed E-state index contributed by atoms with van der Waals surface area (Å²) in [5, 5.41) is 3.32. The van der Waals surface area contributed by atoms with E-state index in [1.807, 2.05) is 26.0 Å². The van der Waals surface area contributed by atoms with Crippen molar-refractivity contribution in [3.8, 4) is 0 Å². The number of rotatable bonds is 5. The second-order valence-electron chi connectivity index (χ2n) is 9.25. The van der Waals surface area contributed by atoms with Crippen LogP contribution in [0.3, 0.4) is 0 Å². The first-order valence-corrected chi connectivity index (χ1v) is 11.7. The summed E-state index contributed by atoms with van der Waals surface area (Å²) < 4.78 is 30.6. The SMILES string of the molecule is CC1=C(C(=O)OC[C@H]2CCCO2)[C@@H](c2ccc(C)o2)C2=C(C[C@H](c3ccc(F)cc3)CC2=O)N1. The van der Waals surface area contributed by atoms with Crippen molar-refractivity contribution in [2.24, 2.45) is 0 Å². The largest absolute Gasteiger partial charge is 0.465 e. The van der Waals surface area contributed by atoms with E-state index in [-0.39, 0.29) is 36.7 Å². The molecule has 1 saturated heterocycles. The van der Waals surface area contributed by atoms with Crippen molar-refractivity contribution in [3.63, 3.8) is 0 Å². The molecule has 0 unspecified atom stereocenters. The van der Waals surface area contributed by atoms with Crippen LogP contribution in [0, 0.1) is 12.7 Å². The Balaban J connectivity index is 1.47. The van der Waals surface area contributed by atoms with Crippen LogP contribution in [0.2, 0.25) is 0 Å². The van der Waals surface area contributed by atoms with Gasteiger partial charge in [-0.2, -0.15) is 0 Å². The highest BCUT2D eigenvalue weighted by Crippen LogP contribution is 2.46. The summed E-state index contributed by atoms with van der Waals surface area (Å²) in [6, 6.07) is 9.93. The first-order valence-electron chi connectivity index (χ1n) is 11.7. The van der Waals surface area contributed by atoms with Crippen LogP contribution in [0.25, 0.3) is 0 Å². The number of nitrogens with one attached hydrogen (secondary N) is 1. The molecule has 5 rings (SSSR count). The zero-order valence-electron chi connectivity index (χ0n) is 19.4. The third-order valence-electron chi connectivity index (χ3n) is 6.86. The molecule has 34 heavy (non-hydrogen) atoms. The number of ketones is 1. The number of furan rings is 1. The highest BCUT2D eigenvalue weighted by Gasteiger charge is 2.43. The summed E-state index contributed by atoms with van der Waals surface area (Å²) in [6.45, 7) is 4.52. The van der Waals surface area contributed by atoms with E-state index in [1.54, 1.807) is 12.1 Å². The summed E-state index contributed by atoms with van der Waals surface area (Å²) in [5.41, 5.74) is 3.26. The van der Waals surface area contributed by atoms with Gasteiger partial charge < -0.3 is 19.2 Å². The summed E-state index contributed by atoms with van der Waals surface area (Å²) >= 11 is 0. The quantitative estimate of drug-likeness (QED) is 0.639. The van der Waals surface area contributed by atoms with Gasteiger partial charge in [-0.15, -0.1) is 0 Å². The number of esters is 1. The fourth-order valence-corrected chi connectivity index (χ4v) is 5.20. The number of benzene rings is 1. The lowest BCUT2D eigenvalue weighted by molar-refractivity contribution is -0.142. The number of aryl methyl sites for hydroxylation is 1. The normalized spacial score (nSPS) is 24.8. The van der Waals surface area contributed by atoms with E-state index in [2.05, 4.69) is 5.32 Å². The maximum absolute atomic E-state index is 13.5. The summed E-state index contributed by atoms with van der Waals surface area (Å²) in [5.74, 6) is -0.294. The first-order chi connectivity index (χ1) is 16.4. The van der Waals surface area contributed by atoms with E-state index in [0.717, 1.165) is 24.1 Å². The molecule has 1 N–H and O–H groups in total. The van der Waals surface area contributed by atoms with Gasteiger partial charge in [0.2, 0.25) is 0 Å². The number of ether oxygens (including phenoxy) is 2. The Labute approximate surface area is 197 Å². The van der Waals surface area contributed by atoms with Crippen molar-refractivity contribution >= 4 is 11.8 Å². The third-order valence-corrected chi connectivity index (χ3v) is 6.86. The van der Waals surface area contributed by atoms with E-state index in [0.29, 0.717) is 41.4 Å². The second-order valence-corrected chi connectivity index (χ2v) is 9.25. The molecule has 2 aromatic rings. The molecule has 0 bridgehead atoms. The van der Waals surface area contributed by atoms with Crippen LogP contribution in [0.5, 0.6) is 0 Å². The predicted octanol–water partition coefficient (Wildman–Crippen LogP) is 4.81. The maximum Gasteiger partial charge on any atom is 0.336 e. The van der Waals surface area contributed by atoms with E-state index in [1.165, 1.54) is 12.1 Å². The van der Waals surface area contributed by atoms with Crippen LogP contribution in [0.15, 0.2) is 63.4 Å². The molecule has 0 saturated carbocycles.